The molecule has 4 rings (SSSR count). The van der Waals surface area contributed by atoms with Crippen LogP contribution in [0, 0.1) is 6.92 Å². The number of rotatable bonds is 5. The highest BCUT2D eigenvalue weighted by Gasteiger charge is 2.26. The van der Waals surface area contributed by atoms with Gasteiger partial charge in [-0.05, 0) is 25.1 Å². The van der Waals surface area contributed by atoms with Gasteiger partial charge in [-0.3, -0.25) is 9.89 Å². The van der Waals surface area contributed by atoms with Crippen LogP contribution in [0.25, 0.3) is 0 Å². The SMILES string of the molecule is Cc1ccc(C(CN=C(N)NC2CCOc3ccccc32)N2CCOCC2)o1.I. The molecule has 3 N–H and O–H groups in total. The van der Waals surface area contributed by atoms with Crippen LogP contribution in [0.1, 0.15) is 35.6 Å². The van der Waals surface area contributed by atoms with Gasteiger partial charge in [-0.1, -0.05) is 18.2 Å². The first-order valence-electron chi connectivity index (χ1n) is 9.87. The number of ether oxygens (including phenoxy) is 2. The summed E-state index contributed by atoms with van der Waals surface area (Å²) in [6.07, 6.45) is 0.859. The van der Waals surface area contributed by atoms with Gasteiger partial charge >= 0.3 is 0 Å². The Morgan fingerprint density at radius 1 is 1.21 bits per heavy atom. The third-order valence-corrected chi connectivity index (χ3v) is 5.29. The number of fused-ring (bicyclic) bond motifs is 1. The molecule has 0 spiro atoms. The first kappa shape index (κ1) is 21.9. The van der Waals surface area contributed by atoms with Crippen LogP contribution in [0.3, 0.4) is 0 Å². The first-order chi connectivity index (χ1) is 13.7. The van der Waals surface area contributed by atoms with Gasteiger partial charge in [-0.2, -0.15) is 0 Å². The number of nitrogens with two attached hydrogens (primary N) is 1. The van der Waals surface area contributed by atoms with E-state index in [1.807, 2.05) is 37.3 Å². The van der Waals surface area contributed by atoms with Crippen LogP contribution in [0.15, 0.2) is 45.8 Å². The van der Waals surface area contributed by atoms with E-state index in [0.29, 0.717) is 19.1 Å². The fraction of sp³-hybridized carbons (Fsp3) is 0.476. The molecular weight excluding hydrogens is 483 g/mol. The number of halogens is 1. The second kappa shape index (κ2) is 10.3. The number of nitrogens with one attached hydrogen (secondary N) is 1. The quantitative estimate of drug-likeness (QED) is 0.364. The number of hydrogen-bond acceptors (Lipinski definition) is 5. The Morgan fingerprint density at radius 3 is 2.76 bits per heavy atom. The molecule has 2 atom stereocenters. The molecule has 0 bridgehead atoms. The molecule has 2 aliphatic heterocycles. The topological polar surface area (TPSA) is 85.2 Å². The standard InChI is InChI=1S/C21H28N4O3.HI/c1-15-6-7-20(28-15)18(25-9-12-26-13-10-25)14-23-21(22)24-17-8-11-27-19-5-3-2-4-16(17)19;/h2-7,17-18H,8-14H2,1H3,(H3,22,23,24);1H. The van der Waals surface area contributed by atoms with Gasteiger partial charge in [0.05, 0.1) is 38.4 Å². The lowest BCUT2D eigenvalue weighted by Gasteiger charge is -2.32. The maximum atomic E-state index is 6.25. The maximum absolute atomic E-state index is 6.25. The van der Waals surface area contributed by atoms with Crippen LogP contribution in [0.5, 0.6) is 5.75 Å². The number of aliphatic imine (C=N–C) groups is 1. The van der Waals surface area contributed by atoms with E-state index >= 15 is 0 Å². The fourth-order valence-electron chi connectivity index (χ4n) is 3.81. The highest BCUT2D eigenvalue weighted by atomic mass is 127. The summed E-state index contributed by atoms with van der Waals surface area (Å²) in [6, 6.07) is 12.3. The maximum Gasteiger partial charge on any atom is 0.189 e. The Hall–Kier alpha value is -1.78. The van der Waals surface area contributed by atoms with E-state index in [0.717, 1.165) is 55.6 Å². The summed E-state index contributed by atoms with van der Waals surface area (Å²) in [6.45, 7) is 6.35. The number of guanidine groups is 1. The molecule has 1 fully saturated rings. The zero-order valence-electron chi connectivity index (χ0n) is 16.7. The number of benzene rings is 1. The van der Waals surface area contributed by atoms with Crippen LogP contribution < -0.4 is 15.8 Å². The number of aryl methyl sites for hydroxylation is 1. The molecule has 1 aromatic heterocycles. The number of hydrogen-bond donors (Lipinski definition) is 2. The van der Waals surface area contributed by atoms with Gasteiger partial charge < -0.3 is 24.9 Å². The summed E-state index contributed by atoms with van der Waals surface area (Å²) in [7, 11) is 0. The van der Waals surface area contributed by atoms with Gasteiger partial charge in [0.2, 0.25) is 0 Å². The minimum Gasteiger partial charge on any atom is -0.493 e. The highest BCUT2D eigenvalue weighted by molar-refractivity contribution is 14.0. The Labute approximate surface area is 188 Å². The summed E-state index contributed by atoms with van der Waals surface area (Å²) in [5, 5.41) is 3.36. The van der Waals surface area contributed by atoms with Gasteiger partial charge in [0.15, 0.2) is 5.96 Å². The second-order valence-corrected chi connectivity index (χ2v) is 7.21. The molecule has 3 heterocycles. The molecule has 2 aromatic rings. The minimum atomic E-state index is 0. The molecule has 2 unspecified atom stereocenters. The lowest BCUT2D eigenvalue weighted by Crippen LogP contribution is -2.41. The number of para-hydroxylation sites is 1. The molecule has 0 saturated carbocycles. The molecule has 29 heavy (non-hydrogen) atoms. The van der Waals surface area contributed by atoms with E-state index in [2.05, 4.69) is 21.3 Å². The third kappa shape index (κ3) is 5.43. The van der Waals surface area contributed by atoms with Crippen LogP contribution >= 0.6 is 24.0 Å². The largest absolute Gasteiger partial charge is 0.493 e. The predicted molar refractivity (Wildman–Crippen MR) is 123 cm³/mol. The monoisotopic (exact) mass is 512 g/mol. The van der Waals surface area contributed by atoms with E-state index < -0.39 is 0 Å². The Bertz CT molecular complexity index is 820. The Balaban J connectivity index is 0.00000240. The van der Waals surface area contributed by atoms with E-state index in [-0.39, 0.29) is 36.1 Å². The van der Waals surface area contributed by atoms with Gasteiger partial charge in [0.25, 0.3) is 0 Å². The van der Waals surface area contributed by atoms with Crippen molar-refractivity contribution in [3.8, 4) is 5.75 Å². The lowest BCUT2D eigenvalue weighted by atomic mass is 10.0. The Kier molecular flexibility index (Phi) is 7.79. The summed E-state index contributed by atoms with van der Waals surface area (Å²) in [5.74, 6) is 3.19. The number of nitrogens with zero attached hydrogens (tertiary/aromatic N) is 2. The molecule has 1 aromatic carbocycles. The minimum absolute atomic E-state index is 0. The van der Waals surface area contributed by atoms with Crippen molar-refractivity contribution in [3.63, 3.8) is 0 Å². The van der Waals surface area contributed by atoms with Gasteiger partial charge in [0, 0.05) is 25.1 Å². The van der Waals surface area contributed by atoms with Crippen LogP contribution in [0.4, 0.5) is 0 Å². The highest BCUT2D eigenvalue weighted by Crippen LogP contribution is 2.31. The molecule has 2 aliphatic rings. The van der Waals surface area contributed by atoms with Crippen molar-refractivity contribution in [2.24, 2.45) is 10.7 Å². The molecule has 1 saturated heterocycles. The number of furan rings is 1. The molecule has 158 valence electrons. The summed E-state index contributed by atoms with van der Waals surface area (Å²) in [5.41, 5.74) is 7.37. The summed E-state index contributed by atoms with van der Waals surface area (Å²) < 4.78 is 17.1. The van der Waals surface area contributed by atoms with Crippen molar-refractivity contribution in [2.75, 3.05) is 39.5 Å². The van der Waals surface area contributed by atoms with E-state index in [1.54, 1.807) is 0 Å². The van der Waals surface area contributed by atoms with Gasteiger partial charge in [-0.25, -0.2) is 0 Å². The zero-order valence-corrected chi connectivity index (χ0v) is 19.0. The van der Waals surface area contributed by atoms with Crippen molar-refractivity contribution in [3.05, 3.63) is 53.5 Å². The van der Waals surface area contributed by atoms with E-state index in [1.165, 1.54) is 0 Å². The van der Waals surface area contributed by atoms with Gasteiger partial charge in [-0.15, -0.1) is 24.0 Å². The predicted octanol–water partition coefficient (Wildman–Crippen LogP) is 3.01. The van der Waals surface area contributed by atoms with Crippen molar-refractivity contribution in [1.29, 1.82) is 0 Å². The average molecular weight is 512 g/mol. The van der Waals surface area contributed by atoms with Gasteiger partial charge in [0.1, 0.15) is 17.3 Å². The molecule has 8 heteroatoms. The molecule has 0 aliphatic carbocycles. The van der Waals surface area contributed by atoms with Crippen LogP contribution in [0.2, 0.25) is 0 Å². The van der Waals surface area contributed by atoms with Crippen molar-refractivity contribution in [2.45, 2.75) is 25.4 Å². The molecule has 7 nitrogen and oxygen atoms in total. The zero-order chi connectivity index (χ0) is 19.3. The van der Waals surface area contributed by atoms with Crippen LogP contribution in [-0.2, 0) is 4.74 Å². The second-order valence-electron chi connectivity index (χ2n) is 7.21. The van der Waals surface area contributed by atoms with Crippen molar-refractivity contribution >= 4 is 29.9 Å². The summed E-state index contributed by atoms with van der Waals surface area (Å²) in [4.78, 5) is 7.00. The average Bonchev–Trinajstić information content (AvgIpc) is 3.15. The summed E-state index contributed by atoms with van der Waals surface area (Å²) >= 11 is 0. The number of morpholine rings is 1. The third-order valence-electron chi connectivity index (χ3n) is 5.29. The van der Waals surface area contributed by atoms with Crippen molar-refractivity contribution < 1.29 is 13.9 Å². The fourth-order valence-corrected chi connectivity index (χ4v) is 3.81. The molecule has 0 amide bonds. The molecular formula is C21H29IN4O3. The van der Waals surface area contributed by atoms with E-state index in [4.69, 9.17) is 19.6 Å². The first-order valence-corrected chi connectivity index (χ1v) is 9.87. The Morgan fingerprint density at radius 2 is 2.00 bits per heavy atom. The smallest absolute Gasteiger partial charge is 0.189 e. The molecule has 0 radical (unpaired) electrons. The lowest BCUT2D eigenvalue weighted by molar-refractivity contribution is 0.0135. The normalized spacial score (nSPS) is 20.9. The van der Waals surface area contributed by atoms with E-state index in [9.17, 15) is 0 Å². The van der Waals surface area contributed by atoms with Crippen molar-refractivity contribution in [1.82, 2.24) is 10.2 Å². The van der Waals surface area contributed by atoms with Crippen LogP contribution in [-0.4, -0.2) is 50.3 Å².